The normalized spacial score (nSPS) is 10.9. The van der Waals surface area contributed by atoms with Gasteiger partial charge in [0.15, 0.2) is 0 Å². The molecule has 22 heavy (non-hydrogen) atoms. The Hall–Kier alpha value is -3.39. The molecule has 2 aromatic carbocycles. The van der Waals surface area contributed by atoms with Gasteiger partial charge in [-0.3, -0.25) is 4.79 Å². The van der Waals surface area contributed by atoms with Gasteiger partial charge >= 0.3 is 0 Å². The number of para-hydroxylation sites is 2. The highest BCUT2D eigenvalue weighted by atomic mass is 16.1. The number of imidazole rings is 1. The number of H-pyrrole nitrogens is 2. The van der Waals surface area contributed by atoms with E-state index in [-0.39, 0.29) is 5.56 Å². The lowest BCUT2D eigenvalue weighted by atomic mass is 10.1. The molecule has 0 radical (unpaired) electrons. The number of nitrogens with one attached hydrogen (secondary N) is 2. The zero-order valence-electron chi connectivity index (χ0n) is 11.4. The Bertz CT molecular complexity index is 1080. The fraction of sp³-hybridized carbons (Fsp3) is 0. The van der Waals surface area contributed by atoms with E-state index in [0.29, 0.717) is 22.5 Å². The Morgan fingerprint density at radius 2 is 1.86 bits per heavy atom. The summed E-state index contributed by atoms with van der Waals surface area (Å²) < 4.78 is 0. The van der Waals surface area contributed by atoms with Gasteiger partial charge in [-0.15, -0.1) is 0 Å². The zero-order valence-corrected chi connectivity index (χ0v) is 11.4. The van der Waals surface area contributed by atoms with Crippen LogP contribution < -0.4 is 5.56 Å². The molecular formula is C17H10N4O. The van der Waals surface area contributed by atoms with Gasteiger partial charge in [0.05, 0.1) is 28.2 Å². The molecule has 0 saturated heterocycles. The highest BCUT2D eigenvalue weighted by Crippen LogP contribution is 2.21. The van der Waals surface area contributed by atoms with E-state index >= 15 is 0 Å². The SMILES string of the molecule is N#Cc1ccc2[nH]c(=O)c(-c3nc4ccccc4[nH]3)cc2c1. The van der Waals surface area contributed by atoms with Gasteiger partial charge in [-0.05, 0) is 36.4 Å². The van der Waals surface area contributed by atoms with Gasteiger partial charge in [-0.1, -0.05) is 12.1 Å². The monoisotopic (exact) mass is 286 g/mol. The van der Waals surface area contributed by atoms with Crippen LogP contribution in [0.1, 0.15) is 5.56 Å². The van der Waals surface area contributed by atoms with E-state index in [4.69, 9.17) is 5.26 Å². The van der Waals surface area contributed by atoms with Crippen molar-refractivity contribution >= 4 is 21.9 Å². The fourth-order valence-electron chi connectivity index (χ4n) is 2.53. The van der Waals surface area contributed by atoms with E-state index < -0.39 is 0 Å². The quantitative estimate of drug-likeness (QED) is 0.564. The number of rotatable bonds is 1. The topological polar surface area (TPSA) is 85.3 Å². The predicted molar refractivity (Wildman–Crippen MR) is 84.4 cm³/mol. The van der Waals surface area contributed by atoms with Gasteiger partial charge in [-0.25, -0.2) is 4.98 Å². The summed E-state index contributed by atoms with van der Waals surface area (Å²) in [4.78, 5) is 22.7. The minimum atomic E-state index is -0.212. The maximum absolute atomic E-state index is 12.3. The summed E-state index contributed by atoms with van der Waals surface area (Å²) in [6, 6.07) is 16.6. The molecule has 2 N–H and O–H groups in total. The maximum Gasteiger partial charge on any atom is 0.259 e. The van der Waals surface area contributed by atoms with Gasteiger partial charge in [0.1, 0.15) is 5.82 Å². The van der Waals surface area contributed by atoms with E-state index in [1.165, 1.54) is 0 Å². The van der Waals surface area contributed by atoms with E-state index in [2.05, 4.69) is 21.0 Å². The summed E-state index contributed by atoms with van der Waals surface area (Å²) in [6.07, 6.45) is 0. The highest BCUT2D eigenvalue weighted by molar-refractivity contribution is 5.85. The van der Waals surface area contributed by atoms with Crippen LogP contribution in [0.25, 0.3) is 33.3 Å². The molecule has 0 atom stereocenters. The molecule has 0 fully saturated rings. The van der Waals surface area contributed by atoms with Crippen LogP contribution in [0.4, 0.5) is 0 Å². The second kappa shape index (κ2) is 4.57. The summed E-state index contributed by atoms with van der Waals surface area (Å²) in [5, 5.41) is 9.79. The van der Waals surface area contributed by atoms with Crippen LogP contribution in [0.5, 0.6) is 0 Å². The zero-order chi connectivity index (χ0) is 15.1. The Labute approximate surface area is 124 Å². The third-order valence-corrected chi connectivity index (χ3v) is 3.62. The number of hydrogen-bond acceptors (Lipinski definition) is 3. The first-order valence-corrected chi connectivity index (χ1v) is 6.77. The molecule has 4 rings (SSSR count). The maximum atomic E-state index is 12.3. The Balaban J connectivity index is 1.99. The lowest BCUT2D eigenvalue weighted by Crippen LogP contribution is -2.09. The van der Waals surface area contributed by atoms with Crippen LogP contribution in [0.3, 0.4) is 0 Å². The molecule has 0 saturated carbocycles. The number of aromatic nitrogens is 3. The van der Waals surface area contributed by atoms with Gasteiger partial charge < -0.3 is 9.97 Å². The lowest BCUT2D eigenvalue weighted by Gasteiger charge is -2.01. The van der Waals surface area contributed by atoms with E-state index in [1.807, 2.05) is 24.3 Å². The van der Waals surface area contributed by atoms with Gasteiger partial charge in [-0.2, -0.15) is 5.26 Å². The first kappa shape index (κ1) is 12.4. The Kier molecular flexibility index (Phi) is 2.57. The van der Waals surface area contributed by atoms with Crippen molar-refractivity contribution in [3.63, 3.8) is 0 Å². The molecule has 2 aromatic heterocycles. The number of pyridine rings is 1. The van der Waals surface area contributed by atoms with Crippen LogP contribution >= 0.6 is 0 Å². The minimum Gasteiger partial charge on any atom is -0.338 e. The van der Waals surface area contributed by atoms with E-state index in [0.717, 1.165) is 16.4 Å². The molecular weight excluding hydrogens is 276 g/mol. The molecule has 5 heteroatoms. The molecule has 0 aliphatic heterocycles. The van der Waals surface area contributed by atoms with Gasteiger partial charge in [0, 0.05) is 10.9 Å². The number of fused-ring (bicyclic) bond motifs is 2. The van der Waals surface area contributed by atoms with Crippen LogP contribution in [-0.2, 0) is 0 Å². The smallest absolute Gasteiger partial charge is 0.259 e. The van der Waals surface area contributed by atoms with Crippen LogP contribution in [0.2, 0.25) is 0 Å². The second-order valence-electron chi connectivity index (χ2n) is 5.03. The van der Waals surface area contributed by atoms with Crippen molar-refractivity contribution in [2.24, 2.45) is 0 Å². The Morgan fingerprint density at radius 3 is 2.68 bits per heavy atom. The summed E-state index contributed by atoms with van der Waals surface area (Å²) >= 11 is 0. The number of nitriles is 1. The van der Waals surface area contributed by atoms with Crippen LogP contribution in [0, 0.1) is 11.3 Å². The lowest BCUT2D eigenvalue weighted by molar-refractivity contribution is 1.25. The molecule has 0 unspecified atom stereocenters. The third kappa shape index (κ3) is 1.86. The van der Waals surface area contributed by atoms with Gasteiger partial charge in [0.2, 0.25) is 0 Å². The van der Waals surface area contributed by atoms with Crippen molar-refractivity contribution in [1.82, 2.24) is 15.0 Å². The number of hydrogen-bond donors (Lipinski definition) is 2. The first-order chi connectivity index (χ1) is 10.7. The number of benzene rings is 2. The van der Waals surface area contributed by atoms with Crippen molar-refractivity contribution in [2.75, 3.05) is 0 Å². The van der Waals surface area contributed by atoms with Gasteiger partial charge in [0.25, 0.3) is 5.56 Å². The molecule has 104 valence electrons. The minimum absolute atomic E-state index is 0.212. The van der Waals surface area contributed by atoms with Crippen molar-refractivity contribution in [2.45, 2.75) is 0 Å². The molecule has 2 heterocycles. The molecule has 0 spiro atoms. The Morgan fingerprint density at radius 1 is 1.00 bits per heavy atom. The largest absolute Gasteiger partial charge is 0.338 e. The molecule has 4 aromatic rings. The van der Waals surface area contributed by atoms with E-state index in [9.17, 15) is 4.79 Å². The second-order valence-corrected chi connectivity index (χ2v) is 5.03. The summed E-state index contributed by atoms with van der Waals surface area (Å²) in [5.74, 6) is 0.520. The highest BCUT2D eigenvalue weighted by Gasteiger charge is 2.10. The molecule has 0 aliphatic rings. The first-order valence-electron chi connectivity index (χ1n) is 6.77. The molecule has 0 amide bonds. The van der Waals surface area contributed by atoms with Crippen LogP contribution in [0.15, 0.2) is 53.3 Å². The average molecular weight is 286 g/mol. The van der Waals surface area contributed by atoms with E-state index in [1.54, 1.807) is 24.3 Å². The summed E-state index contributed by atoms with van der Waals surface area (Å²) in [5.41, 5.74) is 3.18. The van der Waals surface area contributed by atoms with Crippen molar-refractivity contribution in [3.8, 4) is 17.5 Å². The van der Waals surface area contributed by atoms with Crippen molar-refractivity contribution in [3.05, 3.63) is 64.4 Å². The predicted octanol–water partition coefficient (Wildman–Crippen LogP) is 2.94. The standard InChI is InChI=1S/C17H10N4O/c18-9-10-5-6-13-11(7-10)8-12(17(22)21-13)16-19-14-3-1-2-4-15(14)20-16/h1-8H,(H,19,20)(H,21,22). The molecule has 0 aliphatic carbocycles. The third-order valence-electron chi connectivity index (χ3n) is 3.62. The molecule has 0 bridgehead atoms. The number of aromatic amines is 2. The van der Waals surface area contributed by atoms with Crippen LogP contribution in [-0.4, -0.2) is 15.0 Å². The molecule has 5 nitrogen and oxygen atoms in total. The van der Waals surface area contributed by atoms with Crippen molar-refractivity contribution in [1.29, 1.82) is 5.26 Å². The number of nitrogens with zero attached hydrogens (tertiary/aromatic N) is 2. The van der Waals surface area contributed by atoms with Crippen molar-refractivity contribution < 1.29 is 0 Å². The summed E-state index contributed by atoms with van der Waals surface area (Å²) in [7, 11) is 0. The summed E-state index contributed by atoms with van der Waals surface area (Å²) in [6.45, 7) is 0. The average Bonchev–Trinajstić information content (AvgIpc) is 2.97. The fourth-order valence-corrected chi connectivity index (χ4v) is 2.53.